The summed E-state index contributed by atoms with van der Waals surface area (Å²) in [5, 5.41) is 3.40. The molecule has 0 spiro atoms. The van der Waals surface area contributed by atoms with Crippen LogP contribution in [-0.4, -0.2) is 4.57 Å². The van der Waals surface area contributed by atoms with Gasteiger partial charge in [-0.1, -0.05) is 115 Å². The Morgan fingerprint density at radius 3 is 1.35 bits per heavy atom. The number of anilines is 6. The van der Waals surface area contributed by atoms with E-state index in [9.17, 15) is 26.3 Å². The molecular weight excluding hydrogens is 805 g/mol. The summed E-state index contributed by atoms with van der Waals surface area (Å²) in [4.78, 5) is 3.25. The Balaban J connectivity index is 1.22. The van der Waals surface area contributed by atoms with Crippen LogP contribution in [0, 0.1) is 0 Å². The predicted octanol–water partition coefficient (Wildman–Crippen LogP) is 16.6. The second-order valence-corrected chi connectivity index (χ2v) is 15.2. The zero-order chi connectivity index (χ0) is 43.3. The minimum absolute atomic E-state index is 0.00755. The molecule has 3 nitrogen and oxygen atoms in total. The van der Waals surface area contributed by atoms with Gasteiger partial charge in [0.05, 0.1) is 33.5 Å². The van der Waals surface area contributed by atoms with E-state index in [0.29, 0.717) is 22.7 Å². The molecule has 10 aromatic rings. The van der Waals surface area contributed by atoms with Gasteiger partial charge in [0, 0.05) is 39.2 Å². The summed E-state index contributed by atoms with van der Waals surface area (Å²) >= 11 is 0. The number of halogens is 6. The maximum absolute atomic E-state index is 14.7. The van der Waals surface area contributed by atoms with Crippen LogP contribution in [0.1, 0.15) is 11.1 Å². The Morgan fingerprint density at radius 1 is 0.333 bits per heavy atom. The largest absolute Gasteiger partial charge is 0.418 e. The van der Waals surface area contributed by atoms with Gasteiger partial charge in [0.15, 0.2) is 0 Å². The van der Waals surface area contributed by atoms with E-state index < -0.39 is 23.5 Å². The highest BCUT2D eigenvalue weighted by Crippen LogP contribution is 2.47. The Bertz CT molecular complexity index is 3250. The monoisotopic (exact) mass is 839 g/mol. The Hall–Kier alpha value is -7.78. The van der Waals surface area contributed by atoms with Crippen LogP contribution >= 0.6 is 0 Å². The SMILES string of the molecule is FC(F)(F)c1ccccc1N(c1ccccc1)c1ccc2cc3c4ccc(N(c5ccccc5)c5ccccc5C(F)(F)F)cc4n(-c4ccc(-c5ccccc5)cc4)c3cc2c1. The van der Waals surface area contributed by atoms with Crippen molar-refractivity contribution in [1.82, 2.24) is 4.57 Å². The molecule has 1 aromatic heterocycles. The van der Waals surface area contributed by atoms with E-state index >= 15 is 0 Å². The summed E-state index contributed by atoms with van der Waals surface area (Å²) in [5.41, 5.74) is 5.04. The number of hydrogen-bond donors (Lipinski definition) is 0. The maximum atomic E-state index is 14.7. The van der Waals surface area contributed by atoms with Crippen molar-refractivity contribution in [2.24, 2.45) is 0 Å². The number of aromatic nitrogens is 1. The molecule has 0 aliphatic heterocycles. The fraction of sp³-hybridized carbons (Fsp3) is 0.0370. The van der Waals surface area contributed by atoms with E-state index in [1.54, 1.807) is 70.5 Å². The van der Waals surface area contributed by atoms with E-state index in [-0.39, 0.29) is 11.4 Å². The predicted molar refractivity (Wildman–Crippen MR) is 243 cm³/mol. The van der Waals surface area contributed by atoms with Gasteiger partial charge in [-0.25, -0.2) is 0 Å². The quantitative estimate of drug-likeness (QED) is 0.141. The van der Waals surface area contributed by atoms with Crippen molar-refractivity contribution in [3.63, 3.8) is 0 Å². The van der Waals surface area contributed by atoms with Gasteiger partial charge >= 0.3 is 12.4 Å². The lowest BCUT2D eigenvalue weighted by Gasteiger charge is -2.28. The van der Waals surface area contributed by atoms with Crippen LogP contribution in [0.3, 0.4) is 0 Å². The Labute approximate surface area is 358 Å². The molecule has 63 heavy (non-hydrogen) atoms. The fourth-order valence-electron chi connectivity index (χ4n) is 8.55. The van der Waals surface area contributed by atoms with Gasteiger partial charge in [-0.2, -0.15) is 26.3 Å². The molecule has 0 bridgehead atoms. The first-order chi connectivity index (χ1) is 30.5. The van der Waals surface area contributed by atoms with Crippen molar-refractivity contribution in [2.75, 3.05) is 9.80 Å². The van der Waals surface area contributed by atoms with Crippen LogP contribution in [0.5, 0.6) is 0 Å². The zero-order valence-corrected chi connectivity index (χ0v) is 33.3. The summed E-state index contributed by atoms with van der Waals surface area (Å²) in [7, 11) is 0. The van der Waals surface area contributed by atoms with E-state index in [4.69, 9.17) is 0 Å². The molecule has 0 atom stereocenters. The number of alkyl halides is 6. The highest BCUT2D eigenvalue weighted by Gasteiger charge is 2.36. The van der Waals surface area contributed by atoms with Crippen LogP contribution in [0.25, 0.3) is 49.4 Å². The topological polar surface area (TPSA) is 11.4 Å². The minimum Gasteiger partial charge on any atom is -0.310 e. The fourth-order valence-corrected chi connectivity index (χ4v) is 8.55. The van der Waals surface area contributed by atoms with Crippen LogP contribution in [0.2, 0.25) is 0 Å². The van der Waals surface area contributed by atoms with Crippen molar-refractivity contribution in [3.8, 4) is 16.8 Å². The second kappa shape index (κ2) is 15.6. The first kappa shape index (κ1) is 39.4. The third-order valence-corrected chi connectivity index (χ3v) is 11.4. The average molecular weight is 840 g/mol. The minimum atomic E-state index is -4.62. The number of fused-ring (bicyclic) bond motifs is 4. The van der Waals surface area contributed by atoms with E-state index in [0.717, 1.165) is 61.5 Å². The number of para-hydroxylation sites is 4. The van der Waals surface area contributed by atoms with Crippen LogP contribution in [0.15, 0.2) is 212 Å². The standard InChI is InChI=1S/C54H35F6N3/c55-53(56,57)47-20-10-12-22-49(47)61(40-16-6-2-7-17-40)43-29-26-38-33-46-45-31-30-44(62(41-18-8-3-9-19-41)50-23-13-11-21-48(50)54(58,59)60)35-52(45)63(51(46)34-39(38)32-43)42-27-24-37(25-28-42)36-14-4-1-5-15-36/h1-35H. The molecule has 0 unspecified atom stereocenters. The van der Waals surface area contributed by atoms with E-state index in [1.807, 2.05) is 109 Å². The molecule has 9 aromatic carbocycles. The number of nitrogens with zero attached hydrogens (tertiary/aromatic N) is 3. The van der Waals surface area contributed by atoms with Gasteiger partial charge in [0.2, 0.25) is 0 Å². The summed E-state index contributed by atoms with van der Waals surface area (Å²) in [6.07, 6.45) is -9.22. The summed E-state index contributed by atoms with van der Waals surface area (Å²) in [5.74, 6) is 0. The molecule has 9 heteroatoms. The third kappa shape index (κ3) is 7.31. The highest BCUT2D eigenvalue weighted by molar-refractivity contribution is 6.15. The summed E-state index contributed by atoms with van der Waals surface area (Å²) in [6, 6.07) is 62.6. The van der Waals surface area contributed by atoms with Crippen LogP contribution in [-0.2, 0) is 12.4 Å². The smallest absolute Gasteiger partial charge is 0.310 e. The molecule has 0 radical (unpaired) electrons. The van der Waals surface area contributed by atoms with Crippen molar-refractivity contribution >= 4 is 66.7 Å². The zero-order valence-electron chi connectivity index (χ0n) is 33.3. The number of benzene rings is 9. The molecule has 0 saturated carbocycles. The Kier molecular flexibility index (Phi) is 9.75. The maximum Gasteiger partial charge on any atom is 0.418 e. The van der Waals surface area contributed by atoms with Crippen LogP contribution < -0.4 is 9.80 Å². The number of hydrogen-bond acceptors (Lipinski definition) is 2. The van der Waals surface area contributed by atoms with E-state index in [1.165, 1.54) is 24.3 Å². The third-order valence-electron chi connectivity index (χ3n) is 11.4. The van der Waals surface area contributed by atoms with Gasteiger partial charge in [-0.05, 0) is 119 Å². The molecule has 10 rings (SSSR count). The lowest BCUT2D eigenvalue weighted by molar-refractivity contribution is -0.137. The van der Waals surface area contributed by atoms with Gasteiger partial charge in [-0.15, -0.1) is 0 Å². The molecule has 0 N–H and O–H groups in total. The number of rotatable bonds is 8. The van der Waals surface area contributed by atoms with Gasteiger partial charge < -0.3 is 14.4 Å². The van der Waals surface area contributed by atoms with Crippen molar-refractivity contribution in [1.29, 1.82) is 0 Å². The first-order valence-corrected chi connectivity index (χ1v) is 20.2. The highest BCUT2D eigenvalue weighted by atomic mass is 19.4. The summed E-state index contributed by atoms with van der Waals surface area (Å²) < 4.78 is 89.8. The van der Waals surface area contributed by atoms with E-state index in [2.05, 4.69) is 10.6 Å². The van der Waals surface area contributed by atoms with Crippen molar-refractivity contribution < 1.29 is 26.3 Å². The lowest BCUT2D eigenvalue weighted by atomic mass is 10.0. The molecule has 0 aliphatic carbocycles. The molecule has 0 amide bonds. The molecule has 308 valence electrons. The summed E-state index contributed by atoms with van der Waals surface area (Å²) in [6.45, 7) is 0. The van der Waals surface area contributed by atoms with Crippen molar-refractivity contribution in [3.05, 3.63) is 223 Å². The van der Waals surface area contributed by atoms with Gasteiger partial charge in [-0.3, -0.25) is 0 Å². The lowest BCUT2D eigenvalue weighted by Crippen LogP contribution is -2.16. The molecule has 0 saturated heterocycles. The normalized spacial score (nSPS) is 12.0. The Morgan fingerprint density at radius 2 is 0.794 bits per heavy atom. The van der Waals surface area contributed by atoms with Gasteiger partial charge in [0.25, 0.3) is 0 Å². The molecule has 0 aliphatic rings. The second-order valence-electron chi connectivity index (χ2n) is 15.2. The average Bonchev–Trinajstić information content (AvgIpc) is 3.61. The van der Waals surface area contributed by atoms with Crippen LogP contribution in [0.4, 0.5) is 60.5 Å². The van der Waals surface area contributed by atoms with Crippen molar-refractivity contribution in [2.45, 2.75) is 12.4 Å². The first-order valence-electron chi connectivity index (χ1n) is 20.2. The molecule has 1 heterocycles. The van der Waals surface area contributed by atoms with Gasteiger partial charge in [0.1, 0.15) is 0 Å². The molecular formula is C54H35F6N3. The molecule has 0 fully saturated rings.